The lowest BCUT2D eigenvalue weighted by atomic mass is 10.1. The Kier molecular flexibility index (Phi) is 6.49. The Morgan fingerprint density at radius 1 is 1.03 bits per heavy atom. The van der Waals surface area contributed by atoms with Crippen molar-refractivity contribution in [3.63, 3.8) is 0 Å². The van der Waals surface area contributed by atoms with Gasteiger partial charge in [-0.3, -0.25) is 4.55 Å². The third kappa shape index (κ3) is 4.50. The normalized spacial score (nSPS) is 11.1. The minimum absolute atomic E-state index is 0.157. The summed E-state index contributed by atoms with van der Waals surface area (Å²) in [4.78, 5) is 4.62. The largest absolute Gasteiger partial charge is 0.340 e. The molecule has 30 heavy (non-hydrogen) atoms. The van der Waals surface area contributed by atoms with Gasteiger partial charge >= 0.3 is 0 Å². The summed E-state index contributed by atoms with van der Waals surface area (Å²) in [5.41, 5.74) is 4.24. The Labute approximate surface area is 176 Å². The Balaban J connectivity index is 0.00000124. The van der Waals surface area contributed by atoms with Gasteiger partial charge in [-0.1, -0.05) is 51.1 Å². The Bertz CT molecular complexity index is 1230. The van der Waals surface area contributed by atoms with E-state index in [1.165, 1.54) is 12.1 Å². The standard InChI is InChI=1S/C20H18N4O3S.C2H6/c1-2-14-13-21-24-19(22-16-8-10-17(11-9-16)28(25,26)27)12-18(23-20(14)24)15-6-4-3-5-7-15;1-2/h3-13,22H,2H2,1H3,(H,25,26,27);1-2H3. The second kappa shape index (κ2) is 9.06. The summed E-state index contributed by atoms with van der Waals surface area (Å²) in [5.74, 6) is 0.697. The highest BCUT2D eigenvalue weighted by molar-refractivity contribution is 7.85. The van der Waals surface area contributed by atoms with Gasteiger partial charge in [0.05, 0.1) is 16.8 Å². The fourth-order valence-corrected chi connectivity index (χ4v) is 3.44. The average molecular weight is 425 g/mol. The topological polar surface area (TPSA) is 96.6 Å². The van der Waals surface area contributed by atoms with Crippen molar-refractivity contribution in [2.45, 2.75) is 32.1 Å². The maximum absolute atomic E-state index is 11.2. The summed E-state index contributed by atoms with van der Waals surface area (Å²) >= 11 is 0. The van der Waals surface area contributed by atoms with Crippen molar-refractivity contribution < 1.29 is 13.0 Å². The molecule has 2 heterocycles. The summed E-state index contributed by atoms with van der Waals surface area (Å²) in [7, 11) is -4.23. The number of benzene rings is 2. The third-order valence-corrected chi connectivity index (χ3v) is 5.29. The van der Waals surface area contributed by atoms with Crippen LogP contribution in [0.5, 0.6) is 0 Å². The number of nitrogens with one attached hydrogen (secondary N) is 1. The number of hydrogen-bond acceptors (Lipinski definition) is 5. The summed E-state index contributed by atoms with van der Waals surface area (Å²) in [6, 6.07) is 17.6. The number of hydrogen-bond donors (Lipinski definition) is 2. The average Bonchev–Trinajstić information content (AvgIpc) is 3.19. The monoisotopic (exact) mass is 424 g/mol. The molecule has 8 heteroatoms. The van der Waals surface area contributed by atoms with Gasteiger partial charge in [0.1, 0.15) is 5.82 Å². The first-order valence-electron chi connectivity index (χ1n) is 9.73. The lowest BCUT2D eigenvalue weighted by Gasteiger charge is -2.11. The molecule has 0 amide bonds. The molecule has 2 aromatic carbocycles. The molecule has 7 nitrogen and oxygen atoms in total. The van der Waals surface area contributed by atoms with Crippen molar-refractivity contribution >= 4 is 27.3 Å². The van der Waals surface area contributed by atoms with Crippen molar-refractivity contribution in [1.82, 2.24) is 14.6 Å². The fraction of sp³-hybridized carbons (Fsp3) is 0.182. The fourth-order valence-electron chi connectivity index (χ4n) is 2.96. The minimum Gasteiger partial charge on any atom is -0.340 e. The van der Waals surface area contributed by atoms with Gasteiger partial charge in [-0.25, -0.2) is 4.98 Å². The quantitative estimate of drug-likeness (QED) is 0.439. The lowest BCUT2D eigenvalue weighted by molar-refractivity contribution is 0.483. The third-order valence-electron chi connectivity index (χ3n) is 4.42. The van der Waals surface area contributed by atoms with E-state index in [1.807, 2.05) is 50.2 Å². The van der Waals surface area contributed by atoms with Gasteiger partial charge in [-0.05, 0) is 30.7 Å². The highest BCUT2D eigenvalue weighted by Crippen LogP contribution is 2.26. The van der Waals surface area contributed by atoms with Gasteiger partial charge in [0.2, 0.25) is 0 Å². The second-order valence-corrected chi connectivity index (χ2v) is 7.70. The van der Waals surface area contributed by atoms with Gasteiger partial charge in [-0.15, -0.1) is 0 Å². The predicted molar refractivity (Wildman–Crippen MR) is 119 cm³/mol. The summed E-state index contributed by atoms with van der Waals surface area (Å²) in [6.45, 7) is 6.05. The highest BCUT2D eigenvalue weighted by atomic mass is 32.2. The van der Waals surface area contributed by atoms with Crippen LogP contribution in [-0.2, 0) is 16.5 Å². The number of rotatable bonds is 5. The first kappa shape index (κ1) is 21.5. The van der Waals surface area contributed by atoms with Gasteiger partial charge in [0, 0.05) is 22.9 Å². The molecule has 2 N–H and O–H groups in total. The van der Waals surface area contributed by atoms with Crippen molar-refractivity contribution in [3.8, 4) is 11.3 Å². The first-order chi connectivity index (χ1) is 14.5. The summed E-state index contributed by atoms with van der Waals surface area (Å²) in [6.07, 6.45) is 2.60. The molecule has 2 aromatic heterocycles. The SMILES string of the molecule is CC.CCc1cnn2c(Nc3ccc(S(=O)(=O)O)cc3)cc(-c3ccccc3)nc12. The Morgan fingerprint density at radius 3 is 2.30 bits per heavy atom. The molecule has 4 rings (SSSR count). The molecular weight excluding hydrogens is 400 g/mol. The van der Waals surface area contributed by atoms with E-state index in [1.54, 1.807) is 22.8 Å². The first-order valence-corrected chi connectivity index (χ1v) is 11.2. The van der Waals surface area contributed by atoms with E-state index < -0.39 is 10.1 Å². The van der Waals surface area contributed by atoms with Gasteiger partial charge < -0.3 is 5.32 Å². The number of fused-ring (bicyclic) bond motifs is 1. The molecule has 0 atom stereocenters. The molecule has 0 fully saturated rings. The van der Waals surface area contributed by atoms with Gasteiger partial charge in [-0.2, -0.15) is 18.0 Å². The van der Waals surface area contributed by atoms with E-state index in [2.05, 4.69) is 17.3 Å². The van der Waals surface area contributed by atoms with E-state index in [0.717, 1.165) is 28.9 Å². The van der Waals surface area contributed by atoms with Gasteiger partial charge in [0.25, 0.3) is 10.1 Å². The summed E-state index contributed by atoms with van der Waals surface area (Å²) in [5, 5.41) is 7.69. The zero-order valence-corrected chi connectivity index (χ0v) is 17.9. The molecule has 0 aliphatic heterocycles. The van der Waals surface area contributed by atoms with E-state index in [4.69, 9.17) is 9.54 Å². The molecule has 0 saturated heterocycles. The minimum atomic E-state index is -4.23. The maximum Gasteiger partial charge on any atom is 0.294 e. The highest BCUT2D eigenvalue weighted by Gasteiger charge is 2.13. The van der Waals surface area contributed by atoms with E-state index >= 15 is 0 Å². The van der Waals surface area contributed by atoms with E-state index in [-0.39, 0.29) is 4.90 Å². The molecule has 4 aromatic rings. The van der Waals surface area contributed by atoms with E-state index in [0.29, 0.717) is 11.5 Å². The molecule has 0 bridgehead atoms. The van der Waals surface area contributed by atoms with Crippen LogP contribution in [0.3, 0.4) is 0 Å². The van der Waals surface area contributed by atoms with Gasteiger partial charge in [0.15, 0.2) is 5.65 Å². The Hall–Kier alpha value is -3.23. The molecule has 156 valence electrons. The second-order valence-electron chi connectivity index (χ2n) is 6.28. The van der Waals surface area contributed by atoms with E-state index in [9.17, 15) is 8.42 Å². The van der Waals surface area contributed by atoms with Crippen LogP contribution in [0, 0.1) is 0 Å². The van der Waals surface area contributed by atoms with Crippen LogP contribution in [-0.4, -0.2) is 27.6 Å². The van der Waals surface area contributed by atoms with Crippen molar-refractivity contribution in [2.24, 2.45) is 0 Å². The van der Waals surface area contributed by atoms with Crippen LogP contribution in [0.25, 0.3) is 16.9 Å². The Morgan fingerprint density at radius 2 is 1.70 bits per heavy atom. The van der Waals surface area contributed by atoms with Crippen LogP contribution in [0.1, 0.15) is 26.3 Å². The zero-order chi connectivity index (χ0) is 21.7. The van der Waals surface area contributed by atoms with Crippen LogP contribution in [0.15, 0.2) is 71.8 Å². The molecule has 0 unspecified atom stereocenters. The number of aromatic nitrogens is 3. The van der Waals surface area contributed by atoms with Crippen molar-refractivity contribution in [3.05, 3.63) is 72.4 Å². The molecule has 0 radical (unpaired) electrons. The lowest BCUT2D eigenvalue weighted by Crippen LogP contribution is -2.03. The van der Waals surface area contributed by atoms with Crippen LogP contribution in [0.4, 0.5) is 11.5 Å². The number of anilines is 2. The van der Waals surface area contributed by atoms with Crippen molar-refractivity contribution in [2.75, 3.05) is 5.32 Å². The summed E-state index contributed by atoms with van der Waals surface area (Å²) < 4.78 is 33.3. The maximum atomic E-state index is 11.2. The molecule has 0 aliphatic rings. The van der Waals surface area contributed by atoms with Crippen molar-refractivity contribution in [1.29, 1.82) is 0 Å². The number of aryl methyl sites for hydroxylation is 1. The molecular formula is C22H24N4O3S. The number of nitrogens with zero attached hydrogens (tertiary/aromatic N) is 3. The molecule has 0 aliphatic carbocycles. The van der Waals surface area contributed by atoms with Crippen LogP contribution < -0.4 is 5.32 Å². The molecule has 0 spiro atoms. The van der Waals surface area contributed by atoms with Crippen LogP contribution >= 0.6 is 0 Å². The van der Waals surface area contributed by atoms with Crippen LogP contribution in [0.2, 0.25) is 0 Å². The molecule has 0 saturated carbocycles. The zero-order valence-electron chi connectivity index (χ0n) is 17.1. The predicted octanol–water partition coefficient (Wildman–Crippen LogP) is 4.98. The smallest absolute Gasteiger partial charge is 0.294 e.